The van der Waals surface area contributed by atoms with Crippen molar-refractivity contribution in [2.45, 2.75) is 20.0 Å². The molecule has 1 rings (SSSR count). The predicted molar refractivity (Wildman–Crippen MR) is 62.3 cm³/mol. The number of carbonyl (C=O) groups excluding carboxylic acids is 1. The lowest BCUT2D eigenvalue weighted by atomic mass is 10.2. The van der Waals surface area contributed by atoms with Crippen LogP contribution in [0, 0.1) is 10.1 Å². The van der Waals surface area contributed by atoms with Gasteiger partial charge in [-0.3, -0.25) is 10.1 Å². The van der Waals surface area contributed by atoms with Crippen molar-refractivity contribution in [1.29, 1.82) is 0 Å². The molecule has 0 aliphatic rings. The molecule has 1 aromatic rings. The molecule has 0 radical (unpaired) electrons. The van der Waals surface area contributed by atoms with E-state index in [1.54, 1.807) is 18.2 Å². The molecule has 0 atom stereocenters. The van der Waals surface area contributed by atoms with Crippen molar-refractivity contribution in [2.24, 2.45) is 0 Å². The number of nitrogens with zero attached hydrogens (tertiary/aromatic N) is 1. The molecular formula is C12H13NO4. The Morgan fingerprint density at radius 2 is 2.06 bits per heavy atom. The molecule has 0 heterocycles. The van der Waals surface area contributed by atoms with Crippen molar-refractivity contribution in [1.82, 2.24) is 0 Å². The topological polar surface area (TPSA) is 69.4 Å². The summed E-state index contributed by atoms with van der Waals surface area (Å²) in [6.45, 7) is 2.03. The molecule has 90 valence electrons. The summed E-state index contributed by atoms with van der Waals surface area (Å²) in [5, 5.41) is 10.4. The summed E-state index contributed by atoms with van der Waals surface area (Å²) in [4.78, 5) is 21.1. The van der Waals surface area contributed by atoms with E-state index in [9.17, 15) is 14.9 Å². The van der Waals surface area contributed by atoms with Gasteiger partial charge in [0.2, 0.25) is 0 Å². The van der Waals surface area contributed by atoms with Gasteiger partial charge >= 0.3 is 5.97 Å². The van der Waals surface area contributed by atoms with Gasteiger partial charge in [0, 0.05) is 18.2 Å². The normalized spacial score (nSPS) is 10.4. The Labute approximate surface area is 98.9 Å². The van der Waals surface area contributed by atoms with Crippen LogP contribution in [0.15, 0.2) is 36.4 Å². The Hall–Kier alpha value is -2.17. The lowest BCUT2D eigenvalue weighted by molar-refractivity contribution is -0.384. The van der Waals surface area contributed by atoms with E-state index >= 15 is 0 Å². The number of non-ortho nitro benzene ring substituents is 1. The number of benzene rings is 1. The van der Waals surface area contributed by atoms with Crippen LogP contribution in [0.4, 0.5) is 5.69 Å². The van der Waals surface area contributed by atoms with Gasteiger partial charge in [-0.2, -0.15) is 0 Å². The molecule has 0 N–H and O–H groups in total. The first-order chi connectivity index (χ1) is 8.13. The molecule has 5 heteroatoms. The fourth-order valence-corrected chi connectivity index (χ4v) is 1.13. The highest BCUT2D eigenvalue weighted by Gasteiger charge is 2.04. The first-order valence-corrected chi connectivity index (χ1v) is 5.20. The van der Waals surface area contributed by atoms with Gasteiger partial charge in [-0.1, -0.05) is 13.0 Å². The SMILES string of the molecule is CCC=CC(=O)OCc1ccc([N+](=O)[O-])cc1. The fraction of sp³-hybridized carbons (Fsp3) is 0.250. The Morgan fingerprint density at radius 3 is 2.59 bits per heavy atom. The third-order valence-corrected chi connectivity index (χ3v) is 2.02. The van der Waals surface area contributed by atoms with Crippen molar-refractivity contribution in [3.8, 4) is 0 Å². The minimum atomic E-state index is -0.472. The summed E-state index contributed by atoms with van der Waals surface area (Å²) in [5.74, 6) is -0.412. The first kappa shape index (κ1) is 12.9. The number of rotatable bonds is 5. The van der Waals surface area contributed by atoms with Crippen LogP contribution in [-0.4, -0.2) is 10.9 Å². The summed E-state index contributed by atoms with van der Waals surface area (Å²) >= 11 is 0. The maximum Gasteiger partial charge on any atom is 0.330 e. The molecule has 0 aliphatic carbocycles. The van der Waals surface area contributed by atoms with E-state index in [1.165, 1.54) is 18.2 Å². The largest absolute Gasteiger partial charge is 0.458 e. The summed E-state index contributed by atoms with van der Waals surface area (Å²) in [5.41, 5.74) is 0.736. The number of ether oxygens (including phenoxy) is 1. The smallest absolute Gasteiger partial charge is 0.330 e. The van der Waals surface area contributed by atoms with E-state index in [2.05, 4.69) is 0 Å². The van der Waals surface area contributed by atoms with Crippen LogP contribution in [0.25, 0.3) is 0 Å². The minimum absolute atomic E-state index is 0.0194. The quantitative estimate of drug-likeness (QED) is 0.340. The highest BCUT2D eigenvalue weighted by molar-refractivity contribution is 5.81. The number of nitro groups is 1. The Kier molecular flexibility index (Phi) is 4.87. The van der Waals surface area contributed by atoms with E-state index < -0.39 is 10.9 Å². The number of nitro benzene ring substituents is 1. The molecule has 0 saturated carbocycles. The summed E-state index contributed by atoms with van der Waals surface area (Å²) in [6.07, 6.45) is 3.84. The van der Waals surface area contributed by atoms with Gasteiger partial charge < -0.3 is 4.74 Å². The Balaban J connectivity index is 2.50. The Morgan fingerprint density at radius 1 is 1.41 bits per heavy atom. The first-order valence-electron chi connectivity index (χ1n) is 5.20. The van der Waals surface area contributed by atoms with Crippen molar-refractivity contribution in [3.63, 3.8) is 0 Å². The average Bonchev–Trinajstić information content (AvgIpc) is 2.34. The molecule has 0 spiro atoms. The molecule has 0 saturated heterocycles. The van der Waals surface area contributed by atoms with Crippen LogP contribution in [0.3, 0.4) is 0 Å². The molecule has 0 aliphatic heterocycles. The van der Waals surface area contributed by atoms with Crippen molar-refractivity contribution < 1.29 is 14.5 Å². The number of carbonyl (C=O) groups is 1. The number of esters is 1. The molecule has 17 heavy (non-hydrogen) atoms. The van der Waals surface area contributed by atoms with Crippen LogP contribution in [0.2, 0.25) is 0 Å². The highest BCUT2D eigenvalue weighted by Crippen LogP contribution is 2.12. The average molecular weight is 235 g/mol. The van der Waals surface area contributed by atoms with Gasteiger partial charge in [0.25, 0.3) is 5.69 Å². The lowest BCUT2D eigenvalue weighted by Crippen LogP contribution is -2.00. The van der Waals surface area contributed by atoms with Crippen molar-refractivity contribution >= 4 is 11.7 Å². The van der Waals surface area contributed by atoms with Gasteiger partial charge in [-0.15, -0.1) is 0 Å². The highest BCUT2D eigenvalue weighted by atomic mass is 16.6. The van der Waals surface area contributed by atoms with Crippen LogP contribution >= 0.6 is 0 Å². The van der Waals surface area contributed by atoms with E-state index in [-0.39, 0.29) is 12.3 Å². The molecule has 0 unspecified atom stereocenters. The monoisotopic (exact) mass is 235 g/mol. The van der Waals surface area contributed by atoms with Crippen LogP contribution in [-0.2, 0) is 16.1 Å². The number of hydrogen-bond donors (Lipinski definition) is 0. The molecular weight excluding hydrogens is 222 g/mol. The van der Waals surface area contributed by atoms with Gasteiger partial charge in [0.05, 0.1) is 4.92 Å². The zero-order valence-corrected chi connectivity index (χ0v) is 9.46. The van der Waals surface area contributed by atoms with Gasteiger partial charge in [-0.05, 0) is 24.1 Å². The summed E-state index contributed by atoms with van der Waals surface area (Å²) in [6, 6.07) is 5.89. The van der Waals surface area contributed by atoms with E-state index in [0.717, 1.165) is 6.42 Å². The van der Waals surface area contributed by atoms with Gasteiger partial charge in [0.15, 0.2) is 0 Å². The third-order valence-electron chi connectivity index (χ3n) is 2.02. The van der Waals surface area contributed by atoms with Crippen molar-refractivity contribution in [3.05, 3.63) is 52.1 Å². The number of allylic oxidation sites excluding steroid dienone is 1. The molecule has 5 nitrogen and oxygen atoms in total. The van der Waals surface area contributed by atoms with Crippen LogP contribution < -0.4 is 0 Å². The van der Waals surface area contributed by atoms with Gasteiger partial charge in [-0.25, -0.2) is 4.79 Å². The van der Waals surface area contributed by atoms with Crippen LogP contribution in [0.5, 0.6) is 0 Å². The van der Waals surface area contributed by atoms with Crippen molar-refractivity contribution in [2.75, 3.05) is 0 Å². The minimum Gasteiger partial charge on any atom is -0.458 e. The van der Waals surface area contributed by atoms with E-state index in [4.69, 9.17) is 4.74 Å². The molecule has 0 amide bonds. The molecule has 0 bridgehead atoms. The second-order valence-corrected chi connectivity index (χ2v) is 3.34. The Bertz CT molecular complexity index is 423. The zero-order chi connectivity index (χ0) is 12.7. The third kappa shape index (κ3) is 4.46. The maximum absolute atomic E-state index is 11.1. The second kappa shape index (κ2) is 6.42. The second-order valence-electron chi connectivity index (χ2n) is 3.34. The zero-order valence-electron chi connectivity index (χ0n) is 9.46. The van der Waals surface area contributed by atoms with Crippen LogP contribution in [0.1, 0.15) is 18.9 Å². The predicted octanol–water partition coefficient (Wildman–Crippen LogP) is 2.60. The molecule has 0 fully saturated rings. The van der Waals surface area contributed by atoms with Gasteiger partial charge in [0.1, 0.15) is 6.61 Å². The lowest BCUT2D eigenvalue weighted by Gasteiger charge is -2.01. The summed E-state index contributed by atoms with van der Waals surface area (Å²) < 4.78 is 4.93. The maximum atomic E-state index is 11.1. The number of hydrogen-bond acceptors (Lipinski definition) is 4. The standard InChI is InChI=1S/C12H13NO4/c1-2-3-4-12(14)17-9-10-5-7-11(8-6-10)13(15)16/h3-8H,2,9H2,1H3. The summed E-state index contributed by atoms with van der Waals surface area (Å²) in [7, 11) is 0. The van der Waals surface area contributed by atoms with E-state index in [0.29, 0.717) is 5.56 Å². The van der Waals surface area contributed by atoms with E-state index in [1.807, 2.05) is 6.92 Å². The molecule has 0 aromatic heterocycles. The fourth-order valence-electron chi connectivity index (χ4n) is 1.13. The molecule has 1 aromatic carbocycles.